The molecule has 0 atom stereocenters. The molecule has 1 aliphatic rings. The third kappa shape index (κ3) is 4.20. The Morgan fingerprint density at radius 3 is 1.65 bits per heavy atom. The molecule has 0 bridgehead atoms. The molecule has 7 rings (SSSR count). The lowest BCUT2D eigenvalue weighted by molar-refractivity contribution is 0.201. The molecule has 6 aromatic carbocycles. The maximum Gasteiger partial charge on any atom is 0.132 e. The number of aliphatic hydroxyl groups excluding tert-OH is 2. The quantitative estimate of drug-likeness (QED) is 0.230. The second-order valence-electron chi connectivity index (χ2n) is 10.0. The van der Waals surface area contributed by atoms with Gasteiger partial charge in [0.25, 0.3) is 0 Å². The lowest BCUT2D eigenvalue weighted by atomic mass is 9.78. The minimum absolute atomic E-state index is 0.0478. The van der Waals surface area contributed by atoms with Crippen LogP contribution in [0.1, 0.15) is 22.6 Å². The van der Waals surface area contributed by atoms with Gasteiger partial charge in [-0.15, -0.1) is 0 Å². The van der Waals surface area contributed by atoms with Gasteiger partial charge in [-0.05, 0) is 74.3 Å². The molecule has 5 heteroatoms. The van der Waals surface area contributed by atoms with Gasteiger partial charge in [-0.1, -0.05) is 66.7 Å². The summed E-state index contributed by atoms with van der Waals surface area (Å²) in [4.78, 5) is 0. The predicted molar refractivity (Wildman–Crippen MR) is 158 cm³/mol. The molecule has 0 spiro atoms. The summed E-state index contributed by atoms with van der Waals surface area (Å²) >= 11 is 0. The van der Waals surface area contributed by atoms with Gasteiger partial charge in [0.1, 0.15) is 36.2 Å². The first-order chi connectivity index (χ1) is 19.7. The highest BCUT2D eigenvalue weighted by Gasteiger charge is 2.32. The number of aliphatic hydroxyl groups is 2. The van der Waals surface area contributed by atoms with Crippen molar-refractivity contribution in [2.24, 2.45) is 0 Å². The maximum atomic E-state index is 9.33. The van der Waals surface area contributed by atoms with Crippen LogP contribution in [0.25, 0.3) is 32.3 Å². The molecule has 0 aliphatic carbocycles. The first-order valence-electron chi connectivity index (χ1n) is 13.5. The summed E-state index contributed by atoms with van der Waals surface area (Å²) < 4.78 is 18.2. The van der Waals surface area contributed by atoms with E-state index in [0.29, 0.717) is 11.5 Å². The third-order valence-corrected chi connectivity index (χ3v) is 7.61. The number of ether oxygens (including phenoxy) is 3. The Kier molecular flexibility index (Phi) is 6.23. The van der Waals surface area contributed by atoms with Gasteiger partial charge < -0.3 is 24.4 Å². The van der Waals surface area contributed by atoms with Crippen molar-refractivity contribution in [1.82, 2.24) is 0 Å². The zero-order valence-corrected chi connectivity index (χ0v) is 21.8. The normalized spacial score (nSPS) is 12.8. The predicted octanol–water partition coefficient (Wildman–Crippen LogP) is 7.17. The lowest BCUT2D eigenvalue weighted by Gasteiger charge is -2.31. The van der Waals surface area contributed by atoms with Gasteiger partial charge in [-0.25, -0.2) is 0 Å². The number of rotatable bonds is 7. The Bertz CT molecular complexity index is 1780. The van der Waals surface area contributed by atoms with E-state index in [9.17, 15) is 10.2 Å². The highest BCUT2D eigenvalue weighted by molar-refractivity contribution is 5.96. The second-order valence-corrected chi connectivity index (χ2v) is 10.0. The number of fused-ring (bicyclic) bond motifs is 7. The molecule has 0 fully saturated rings. The molecular weight excluding hydrogens is 500 g/mol. The first kappa shape index (κ1) is 24.5. The molecule has 0 aromatic heterocycles. The van der Waals surface area contributed by atoms with E-state index in [-0.39, 0.29) is 32.3 Å². The molecule has 0 amide bonds. The van der Waals surface area contributed by atoms with Gasteiger partial charge in [0.2, 0.25) is 0 Å². The van der Waals surface area contributed by atoms with Crippen LogP contribution in [0.5, 0.6) is 23.0 Å². The highest BCUT2D eigenvalue weighted by Crippen LogP contribution is 2.53. The van der Waals surface area contributed by atoms with Gasteiger partial charge in [-0.2, -0.15) is 0 Å². The number of hydrogen-bond acceptors (Lipinski definition) is 5. The van der Waals surface area contributed by atoms with Crippen molar-refractivity contribution < 1.29 is 24.4 Å². The van der Waals surface area contributed by atoms with E-state index in [2.05, 4.69) is 66.7 Å². The zero-order chi connectivity index (χ0) is 27.1. The van der Waals surface area contributed by atoms with E-state index in [1.165, 1.54) is 10.8 Å². The summed E-state index contributed by atoms with van der Waals surface area (Å²) in [6, 6.07) is 35.4. The van der Waals surface area contributed by atoms with Crippen molar-refractivity contribution in [3.63, 3.8) is 0 Å². The maximum absolute atomic E-state index is 9.33. The second kappa shape index (κ2) is 10.2. The van der Waals surface area contributed by atoms with E-state index in [4.69, 9.17) is 14.2 Å². The largest absolute Gasteiger partial charge is 0.491 e. The molecule has 5 nitrogen and oxygen atoms in total. The Balaban J connectivity index is 1.52. The standard InChI is InChI=1S/C35H28O5/c36-15-17-38-27-11-7-23-9-13-31-34(29(23)20-27)33(26-6-5-22-3-1-2-4-25(22)19-26)35-30-21-28(39-18-16-37)12-8-24(30)10-14-32(35)40-31/h1-14,19-21,33,36-37H,15-18H2. The van der Waals surface area contributed by atoms with Gasteiger partial charge >= 0.3 is 0 Å². The molecule has 40 heavy (non-hydrogen) atoms. The Hall–Kier alpha value is -4.58. The zero-order valence-electron chi connectivity index (χ0n) is 21.8. The van der Waals surface area contributed by atoms with E-state index < -0.39 is 0 Å². The fourth-order valence-corrected chi connectivity index (χ4v) is 5.87. The van der Waals surface area contributed by atoms with Gasteiger partial charge in [0.15, 0.2) is 0 Å². The van der Waals surface area contributed by atoms with Gasteiger partial charge in [0, 0.05) is 17.0 Å². The molecule has 0 saturated heterocycles. The average molecular weight is 529 g/mol. The van der Waals surface area contributed by atoms with Crippen LogP contribution in [0, 0.1) is 0 Å². The van der Waals surface area contributed by atoms with Crippen LogP contribution in [0.2, 0.25) is 0 Å². The molecule has 0 radical (unpaired) electrons. The van der Waals surface area contributed by atoms with E-state index in [1.54, 1.807) is 0 Å². The summed E-state index contributed by atoms with van der Waals surface area (Å²) in [6.07, 6.45) is 0. The number of hydrogen-bond donors (Lipinski definition) is 2. The van der Waals surface area contributed by atoms with Crippen LogP contribution in [0.15, 0.2) is 103 Å². The topological polar surface area (TPSA) is 68.2 Å². The van der Waals surface area contributed by atoms with Crippen molar-refractivity contribution in [1.29, 1.82) is 0 Å². The SMILES string of the molecule is OCCOc1ccc2ccc3c(c2c1)C(c1ccc2ccccc2c1)c1c(ccc2ccc(OCCO)cc12)O3. The van der Waals surface area contributed by atoms with E-state index >= 15 is 0 Å². The number of benzene rings is 6. The first-order valence-corrected chi connectivity index (χ1v) is 13.5. The Morgan fingerprint density at radius 2 is 1.07 bits per heavy atom. The molecule has 1 aliphatic heterocycles. The molecule has 0 unspecified atom stereocenters. The van der Waals surface area contributed by atoms with Crippen LogP contribution < -0.4 is 14.2 Å². The van der Waals surface area contributed by atoms with Crippen molar-refractivity contribution in [2.75, 3.05) is 26.4 Å². The minimum Gasteiger partial charge on any atom is -0.491 e. The highest BCUT2D eigenvalue weighted by atomic mass is 16.5. The lowest BCUT2D eigenvalue weighted by Crippen LogP contribution is -2.13. The summed E-state index contributed by atoms with van der Waals surface area (Å²) in [7, 11) is 0. The Labute approximate surface area is 231 Å². The molecular formula is C35H28O5. The van der Waals surface area contributed by atoms with Crippen molar-refractivity contribution in [3.05, 3.63) is 120 Å². The van der Waals surface area contributed by atoms with Gasteiger partial charge in [0.05, 0.1) is 13.2 Å². The fraction of sp³-hybridized carbons (Fsp3) is 0.143. The van der Waals surface area contributed by atoms with Crippen LogP contribution in [-0.2, 0) is 0 Å². The summed E-state index contributed by atoms with van der Waals surface area (Å²) in [5.41, 5.74) is 3.31. The molecule has 0 saturated carbocycles. The van der Waals surface area contributed by atoms with Crippen molar-refractivity contribution in [2.45, 2.75) is 5.92 Å². The smallest absolute Gasteiger partial charge is 0.132 e. The summed E-state index contributed by atoms with van der Waals surface area (Å²) in [6.45, 7) is 0.367. The van der Waals surface area contributed by atoms with Crippen LogP contribution >= 0.6 is 0 Å². The monoisotopic (exact) mass is 528 g/mol. The van der Waals surface area contributed by atoms with Crippen LogP contribution in [0.3, 0.4) is 0 Å². The van der Waals surface area contributed by atoms with E-state index in [1.807, 2.05) is 36.4 Å². The molecule has 6 aromatic rings. The molecule has 2 N–H and O–H groups in total. The van der Waals surface area contributed by atoms with Crippen molar-refractivity contribution >= 4 is 32.3 Å². The molecule has 1 heterocycles. The summed E-state index contributed by atoms with van der Waals surface area (Å²) in [5.74, 6) is 2.90. The molecule has 198 valence electrons. The van der Waals surface area contributed by atoms with Crippen LogP contribution in [0.4, 0.5) is 0 Å². The summed E-state index contributed by atoms with van der Waals surface area (Å²) in [5, 5.41) is 25.3. The Morgan fingerprint density at radius 1 is 0.550 bits per heavy atom. The minimum atomic E-state index is -0.128. The average Bonchev–Trinajstić information content (AvgIpc) is 3.01. The van der Waals surface area contributed by atoms with Crippen molar-refractivity contribution in [3.8, 4) is 23.0 Å². The third-order valence-electron chi connectivity index (χ3n) is 7.61. The van der Waals surface area contributed by atoms with E-state index in [0.717, 1.165) is 49.7 Å². The van der Waals surface area contributed by atoms with Crippen LogP contribution in [-0.4, -0.2) is 36.6 Å². The fourth-order valence-electron chi connectivity index (χ4n) is 5.87. The van der Waals surface area contributed by atoms with Gasteiger partial charge in [-0.3, -0.25) is 0 Å².